The lowest BCUT2D eigenvalue weighted by Crippen LogP contribution is -2.33. The zero-order valence-electron chi connectivity index (χ0n) is 17.1. The van der Waals surface area contributed by atoms with Crippen molar-refractivity contribution in [2.24, 2.45) is 0 Å². The number of nitrogens with zero attached hydrogens (tertiary/aromatic N) is 3. The number of fused-ring (bicyclic) bond motifs is 2. The highest BCUT2D eigenvalue weighted by Gasteiger charge is 2.27. The van der Waals surface area contributed by atoms with E-state index in [2.05, 4.69) is 74.8 Å². The van der Waals surface area contributed by atoms with E-state index in [9.17, 15) is 0 Å². The Kier molecular flexibility index (Phi) is 5.55. The molecule has 2 unspecified atom stereocenters. The van der Waals surface area contributed by atoms with E-state index in [4.69, 9.17) is 11.5 Å². The SMILES string of the molecule is CC1NCCc2c(N)n[nH]c21.CC1c2[nH]nc(N)c2CCN1Cc1ccccc1. The smallest absolute Gasteiger partial charge is 0.148 e. The summed E-state index contributed by atoms with van der Waals surface area (Å²) in [5.41, 5.74) is 17.6. The van der Waals surface area contributed by atoms with Crippen molar-refractivity contribution >= 4 is 11.6 Å². The fraction of sp³-hybridized carbons (Fsp3) is 0.429. The predicted octanol–water partition coefficient (Wildman–Crippen LogP) is 2.31. The predicted molar refractivity (Wildman–Crippen MR) is 115 cm³/mol. The maximum atomic E-state index is 5.86. The Hall–Kier alpha value is -2.84. The van der Waals surface area contributed by atoms with E-state index in [-0.39, 0.29) is 0 Å². The molecule has 0 aliphatic carbocycles. The van der Waals surface area contributed by atoms with Crippen LogP contribution in [0.3, 0.4) is 0 Å². The maximum absolute atomic E-state index is 5.86. The molecular weight excluding hydrogens is 364 g/mol. The fourth-order valence-corrected chi connectivity index (χ4v) is 4.20. The second-order valence-corrected chi connectivity index (χ2v) is 7.81. The summed E-state index contributed by atoms with van der Waals surface area (Å²) in [4.78, 5) is 2.45. The van der Waals surface area contributed by atoms with Crippen LogP contribution in [0.4, 0.5) is 11.6 Å². The van der Waals surface area contributed by atoms with Crippen LogP contribution in [0.2, 0.25) is 0 Å². The van der Waals surface area contributed by atoms with Gasteiger partial charge in [-0.2, -0.15) is 10.2 Å². The Balaban J connectivity index is 0.000000159. The molecule has 2 aliphatic rings. The summed E-state index contributed by atoms with van der Waals surface area (Å²) < 4.78 is 0. The first-order chi connectivity index (χ1) is 14.0. The Morgan fingerprint density at radius 3 is 2.31 bits per heavy atom. The lowest BCUT2D eigenvalue weighted by molar-refractivity contribution is 0.186. The van der Waals surface area contributed by atoms with Crippen molar-refractivity contribution in [1.29, 1.82) is 0 Å². The van der Waals surface area contributed by atoms with Crippen LogP contribution in [-0.2, 0) is 19.4 Å². The van der Waals surface area contributed by atoms with Crippen molar-refractivity contribution < 1.29 is 0 Å². The molecule has 3 aromatic rings. The summed E-state index contributed by atoms with van der Waals surface area (Å²) in [6, 6.07) is 11.3. The van der Waals surface area contributed by atoms with Crippen LogP contribution >= 0.6 is 0 Å². The second-order valence-electron chi connectivity index (χ2n) is 7.81. The summed E-state index contributed by atoms with van der Waals surface area (Å²) in [6.07, 6.45) is 1.97. The van der Waals surface area contributed by atoms with E-state index in [0.29, 0.717) is 23.7 Å². The van der Waals surface area contributed by atoms with Crippen molar-refractivity contribution in [2.45, 2.75) is 45.3 Å². The molecule has 0 saturated carbocycles. The monoisotopic (exact) mass is 394 g/mol. The van der Waals surface area contributed by atoms with Crippen molar-refractivity contribution in [2.75, 3.05) is 24.6 Å². The zero-order chi connectivity index (χ0) is 20.4. The molecule has 0 fully saturated rings. The highest BCUT2D eigenvalue weighted by Crippen LogP contribution is 2.31. The van der Waals surface area contributed by atoms with Gasteiger partial charge in [-0.25, -0.2) is 0 Å². The van der Waals surface area contributed by atoms with E-state index in [1.165, 1.54) is 22.4 Å². The number of aromatic amines is 2. The summed E-state index contributed by atoms with van der Waals surface area (Å²) >= 11 is 0. The molecule has 8 nitrogen and oxygen atoms in total. The Morgan fingerprint density at radius 1 is 0.966 bits per heavy atom. The molecule has 0 saturated heterocycles. The van der Waals surface area contributed by atoms with Gasteiger partial charge >= 0.3 is 0 Å². The Morgan fingerprint density at radius 2 is 1.62 bits per heavy atom. The zero-order valence-corrected chi connectivity index (χ0v) is 17.1. The van der Waals surface area contributed by atoms with Crippen LogP contribution in [0.5, 0.6) is 0 Å². The minimum atomic E-state index is 0.346. The second kappa shape index (κ2) is 8.26. The van der Waals surface area contributed by atoms with E-state index in [1.807, 2.05) is 0 Å². The molecule has 154 valence electrons. The summed E-state index contributed by atoms with van der Waals surface area (Å²) in [5.74, 6) is 1.32. The largest absolute Gasteiger partial charge is 0.382 e. The molecule has 2 aromatic heterocycles. The maximum Gasteiger partial charge on any atom is 0.148 e. The van der Waals surface area contributed by atoms with Gasteiger partial charge < -0.3 is 16.8 Å². The average Bonchev–Trinajstić information content (AvgIpc) is 3.30. The van der Waals surface area contributed by atoms with Gasteiger partial charge in [0, 0.05) is 36.3 Å². The third-order valence-corrected chi connectivity index (χ3v) is 5.96. The first kappa shape index (κ1) is 19.5. The van der Waals surface area contributed by atoms with Crippen LogP contribution in [0, 0.1) is 0 Å². The molecule has 0 amide bonds. The van der Waals surface area contributed by atoms with Gasteiger partial charge in [-0.3, -0.25) is 15.1 Å². The molecule has 8 heteroatoms. The van der Waals surface area contributed by atoms with Gasteiger partial charge in [0.15, 0.2) is 0 Å². The molecule has 0 radical (unpaired) electrons. The molecule has 0 bridgehead atoms. The first-order valence-corrected chi connectivity index (χ1v) is 10.2. The normalized spacial score (nSPS) is 21.0. The number of hydrogen-bond acceptors (Lipinski definition) is 6. The van der Waals surface area contributed by atoms with Crippen molar-refractivity contribution in [3.8, 4) is 0 Å². The summed E-state index contributed by atoms with van der Waals surface area (Å²) in [5, 5.41) is 17.4. The standard InChI is InChI=1S/C14H18N4.C7H12N4/c1-10-13-12(14(15)17-16-13)7-8-18(10)9-11-5-3-2-4-6-11;1-4-6-5(2-3-9-4)7(8)11-10-6/h2-6,10H,7-9H2,1H3,(H3,15,16,17);4,9H,2-3H2,1H3,(H3,8,10,11). The topological polar surface area (TPSA) is 125 Å². The van der Waals surface area contributed by atoms with E-state index >= 15 is 0 Å². The first-order valence-electron chi connectivity index (χ1n) is 10.2. The quantitative estimate of drug-likeness (QED) is 0.454. The van der Waals surface area contributed by atoms with Crippen molar-refractivity contribution in [1.82, 2.24) is 30.6 Å². The Bertz CT molecular complexity index is 945. The van der Waals surface area contributed by atoms with Gasteiger partial charge in [0.2, 0.25) is 0 Å². The van der Waals surface area contributed by atoms with Gasteiger partial charge in [0.05, 0.1) is 11.4 Å². The average molecular weight is 395 g/mol. The third-order valence-electron chi connectivity index (χ3n) is 5.96. The highest BCUT2D eigenvalue weighted by atomic mass is 15.2. The number of rotatable bonds is 2. The van der Waals surface area contributed by atoms with Gasteiger partial charge in [0.25, 0.3) is 0 Å². The minimum absolute atomic E-state index is 0.346. The highest BCUT2D eigenvalue weighted by molar-refractivity contribution is 5.45. The van der Waals surface area contributed by atoms with Gasteiger partial charge in [-0.15, -0.1) is 0 Å². The van der Waals surface area contributed by atoms with Gasteiger partial charge in [0.1, 0.15) is 11.6 Å². The number of nitrogens with one attached hydrogen (secondary N) is 3. The minimum Gasteiger partial charge on any atom is -0.382 e. The van der Waals surface area contributed by atoms with Crippen LogP contribution in [0.25, 0.3) is 0 Å². The molecule has 2 atom stereocenters. The van der Waals surface area contributed by atoms with Gasteiger partial charge in [-0.1, -0.05) is 30.3 Å². The molecule has 2 aliphatic heterocycles. The fourth-order valence-electron chi connectivity index (χ4n) is 4.20. The van der Waals surface area contributed by atoms with Crippen molar-refractivity contribution in [3.05, 3.63) is 58.4 Å². The third kappa shape index (κ3) is 3.99. The molecule has 5 rings (SSSR count). The van der Waals surface area contributed by atoms with Gasteiger partial charge in [-0.05, 0) is 38.8 Å². The van der Waals surface area contributed by atoms with E-state index < -0.39 is 0 Å². The lowest BCUT2D eigenvalue weighted by Gasteiger charge is -2.33. The number of anilines is 2. The number of nitrogen functional groups attached to an aromatic ring is 2. The number of aromatic nitrogens is 4. The molecule has 7 N–H and O–H groups in total. The molecule has 4 heterocycles. The molecule has 0 spiro atoms. The molecule has 1 aromatic carbocycles. The van der Waals surface area contributed by atoms with Crippen LogP contribution in [0.15, 0.2) is 30.3 Å². The number of nitrogens with two attached hydrogens (primary N) is 2. The lowest BCUT2D eigenvalue weighted by atomic mass is 10.00. The summed E-state index contributed by atoms with van der Waals surface area (Å²) in [6.45, 7) is 7.32. The molecular formula is C21H30N8. The molecule has 29 heavy (non-hydrogen) atoms. The number of benzene rings is 1. The number of hydrogen-bond donors (Lipinski definition) is 5. The van der Waals surface area contributed by atoms with Crippen LogP contribution < -0.4 is 16.8 Å². The van der Waals surface area contributed by atoms with Crippen molar-refractivity contribution in [3.63, 3.8) is 0 Å². The Labute approximate surface area is 171 Å². The van der Waals surface area contributed by atoms with Crippen LogP contribution in [-0.4, -0.2) is 38.4 Å². The van der Waals surface area contributed by atoms with Crippen LogP contribution in [0.1, 0.15) is 54.0 Å². The summed E-state index contributed by atoms with van der Waals surface area (Å²) in [7, 11) is 0. The van der Waals surface area contributed by atoms with E-state index in [0.717, 1.165) is 38.2 Å². The number of H-pyrrole nitrogens is 2. The van der Waals surface area contributed by atoms with E-state index in [1.54, 1.807) is 0 Å².